The fraction of sp³-hybridized carbons (Fsp3) is 0.188. The lowest BCUT2D eigenvalue weighted by Crippen LogP contribution is -2.05. The highest BCUT2D eigenvalue weighted by Crippen LogP contribution is 2.22. The molecule has 0 saturated heterocycles. The van der Waals surface area contributed by atoms with E-state index in [1.165, 1.54) is 0 Å². The van der Waals surface area contributed by atoms with Crippen LogP contribution in [-0.4, -0.2) is 27.4 Å². The number of hydrogen-bond acceptors (Lipinski definition) is 4. The number of carbonyl (C=O) groups excluding carboxylic acids is 1. The lowest BCUT2D eigenvalue weighted by atomic mass is 10.1. The predicted octanol–water partition coefficient (Wildman–Crippen LogP) is 2.79. The van der Waals surface area contributed by atoms with Crippen LogP contribution in [0.3, 0.4) is 0 Å². The molecule has 0 saturated carbocycles. The zero-order valence-electron chi connectivity index (χ0n) is 11.7. The van der Waals surface area contributed by atoms with Crippen LogP contribution in [0.15, 0.2) is 43.0 Å². The van der Waals surface area contributed by atoms with E-state index in [9.17, 15) is 4.79 Å². The van der Waals surface area contributed by atoms with Gasteiger partial charge in [0.25, 0.3) is 0 Å². The first-order chi connectivity index (χ1) is 10.3. The maximum atomic E-state index is 11.9. The van der Waals surface area contributed by atoms with Crippen molar-refractivity contribution in [2.45, 2.75) is 13.3 Å². The normalized spacial score (nSPS) is 10.9. The average molecular weight is 281 g/mol. The van der Waals surface area contributed by atoms with E-state index < -0.39 is 5.97 Å². The molecule has 5 heteroatoms. The summed E-state index contributed by atoms with van der Waals surface area (Å²) in [4.78, 5) is 11.9. The number of fused-ring (bicyclic) bond motifs is 3. The largest absolute Gasteiger partial charge is 0.461 e. The van der Waals surface area contributed by atoms with Gasteiger partial charge in [0.05, 0.1) is 12.1 Å². The van der Waals surface area contributed by atoms with Gasteiger partial charge in [-0.25, -0.2) is 9.31 Å². The Bertz CT molecular complexity index is 836. The van der Waals surface area contributed by atoms with Crippen molar-refractivity contribution in [2.24, 2.45) is 0 Å². The molecule has 0 spiro atoms. The quantitative estimate of drug-likeness (QED) is 0.545. The molecule has 3 aromatic rings. The fourth-order valence-electron chi connectivity index (χ4n) is 2.43. The van der Waals surface area contributed by atoms with E-state index in [0.717, 1.165) is 22.9 Å². The zero-order valence-corrected chi connectivity index (χ0v) is 11.7. The number of ether oxygens (including phenoxy) is 1. The van der Waals surface area contributed by atoms with Gasteiger partial charge in [0.2, 0.25) is 0 Å². The number of allylic oxidation sites excluding steroid dienone is 1. The third kappa shape index (κ3) is 2.16. The Morgan fingerprint density at radius 3 is 2.95 bits per heavy atom. The van der Waals surface area contributed by atoms with Crippen LogP contribution in [0.1, 0.15) is 23.0 Å². The first-order valence-electron chi connectivity index (χ1n) is 6.80. The van der Waals surface area contributed by atoms with Crippen LogP contribution >= 0.6 is 0 Å². The van der Waals surface area contributed by atoms with Crippen LogP contribution in [-0.2, 0) is 11.2 Å². The smallest absolute Gasteiger partial charge is 0.361 e. The Morgan fingerprint density at radius 1 is 1.33 bits per heavy atom. The van der Waals surface area contributed by atoms with E-state index in [1.807, 2.05) is 30.3 Å². The molecule has 0 amide bonds. The molecular formula is C16H15N3O2. The highest BCUT2D eigenvalue weighted by Gasteiger charge is 2.17. The summed E-state index contributed by atoms with van der Waals surface area (Å²) in [7, 11) is 0. The Labute approximate surface area is 121 Å². The summed E-state index contributed by atoms with van der Waals surface area (Å²) >= 11 is 0. The van der Waals surface area contributed by atoms with Gasteiger partial charge < -0.3 is 4.74 Å². The third-order valence-corrected chi connectivity index (χ3v) is 3.35. The van der Waals surface area contributed by atoms with Gasteiger partial charge in [0.1, 0.15) is 5.52 Å². The van der Waals surface area contributed by atoms with Crippen molar-refractivity contribution in [2.75, 3.05) is 6.61 Å². The number of carbonyl (C=O) groups is 1. The van der Waals surface area contributed by atoms with Gasteiger partial charge in [0.15, 0.2) is 5.69 Å². The van der Waals surface area contributed by atoms with Crippen LogP contribution < -0.4 is 0 Å². The lowest BCUT2D eigenvalue weighted by Gasteiger charge is -2.06. The molecule has 21 heavy (non-hydrogen) atoms. The number of hydrogen-bond donors (Lipinski definition) is 0. The summed E-state index contributed by atoms with van der Waals surface area (Å²) in [6.45, 7) is 5.86. The van der Waals surface area contributed by atoms with Crippen LogP contribution in [0.2, 0.25) is 0 Å². The first-order valence-corrected chi connectivity index (χ1v) is 6.80. The summed E-state index contributed by atoms with van der Waals surface area (Å²) in [5, 5.41) is 9.12. The molecule has 1 aromatic carbocycles. The van der Waals surface area contributed by atoms with Crippen molar-refractivity contribution in [1.29, 1.82) is 0 Å². The van der Waals surface area contributed by atoms with Gasteiger partial charge in [-0.1, -0.05) is 29.5 Å². The van der Waals surface area contributed by atoms with Gasteiger partial charge in [0, 0.05) is 5.39 Å². The minimum absolute atomic E-state index is 0.243. The second kappa shape index (κ2) is 5.36. The van der Waals surface area contributed by atoms with Gasteiger partial charge in [-0.15, -0.1) is 11.7 Å². The van der Waals surface area contributed by atoms with Crippen molar-refractivity contribution in [1.82, 2.24) is 14.8 Å². The van der Waals surface area contributed by atoms with Crippen LogP contribution in [0.5, 0.6) is 0 Å². The molecule has 0 aliphatic heterocycles. The van der Waals surface area contributed by atoms with Gasteiger partial charge >= 0.3 is 5.97 Å². The summed E-state index contributed by atoms with van der Waals surface area (Å²) < 4.78 is 6.68. The van der Waals surface area contributed by atoms with E-state index in [2.05, 4.69) is 23.0 Å². The molecule has 0 fully saturated rings. The molecule has 0 N–H and O–H groups in total. The van der Waals surface area contributed by atoms with Crippen LogP contribution in [0.4, 0.5) is 0 Å². The van der Waals surface area contributed by atoms with Crippen molar-refractivity contribution in [3.63, 3.8) is 0 Å². The molecule has 0 aliphatic rings. The molecule has 106 valence electrons. The van der Waals surface area contributed by atoms with Crippen molar-refractivity contribution in [3.8, 4) is 0 Å². The summed E-state index contributed by atoms with van der Waals surface area (Å²) in [5.74, 6) is -0.450. The number of pyridine rings is 1. The Kier molecular flexibility index (Phi) is 3.39. The average Bonchev–Trinajstić information content (AvgIpc) is 2.92. The van der Waals surface area contributed by atoms with Crippen LogP contribution in [0, 0.1) is 0 Å². The molecule has 5 nitrogen and oxygen atoms in total. The second-order valence-corrected chi connectivity index (χ2v) is 4.63. The molecule has 0 aliphatic carbocycles. The SMILES string of the molecule is C=CCc1cccc2c1ccc1c(C(=O)OCC)nnn12. The van der Waals surface area contributed by atoms with E-state index in [-0.39, 0.29) is 5.69 Å². The molecule has 0 atom stereocenters. The lowest BCUT2D eigenvalue weighted by molar-refractivity contribution is 0.0521. The minimum Gasteiger partial charge on any atom is -0.461 e. The fourth-order valence-corrected chi connectivity index (χ4v) is 2.43. The van der Waals surface area contributed by atoms with E-state index >= 15 is 0 Å². The standard InChI is InChI=1S/C16H15N3O2/c1-3-6-11-7-5-8-13-12(11)9-10-14-15(16(20)21-4-2)17-18-19(13)14/h3,5,7-10H,1,4,6H2,2H3. The maximum Gasteiger partial charge on any atom is 0.361 e. The molecule has 3 rings (SSSR count). The molecule has 2 heterocycles. The molecule has 0 radical (unpaired) electrons. The highest BCUT2D eigenvalue weighted by atomic mass is 16.5. The number of nitrogens with zero attached hydrogens (tertiary/aromatic N) is 3. The van der Waals surface area contributed by atoms with E-state index in [1.54, 1.807) is 11.4 Å². The summed E-state index contributed by atoms with van der Waals surface area (Å²) in [6.07, 6.45) is 2.65. The van der Waals surface area contributed by atoms with Gasteiger partial charge in [-0.05, 0) is 31.0 Å². The minimum atomic E-state index is -0.450. The van der Waals surface area contributed by atoms with Gasteiger partial charge in [-0.3, -0.25) is 0 Å². The Morgan fingerprint density at radius 2 is 2.19 bits per heavy atom. The Hall–Kier alpha value is -2.69. The van der Waals surface area contributed by atoms with Gasteiger partial charge in [-0.2, -0.15) is 0 Å². The molecule has 2 aromatic heterocycles. The molecule has 0 unspecified atom stereocenters. The maximum absolute atomic E-state index is 11.9. The van der Waals surface area contributed by atoms with Crippen molar-refractivity contribution < 1.29 is 9.53 Å². The van der Waals surface area contributed by atoms with Crippen molar-refractivity contribution in [3.05, 3.63) is 54.2 Å². The Balaban J connectivity index is 2.24. The number of aromatic nitrogens is 3. The topological polar surface area (TPSA) is 56.5 Å². The zero-order chi connectivity index (χ0) is 14.8. The number of benzene rings is 1. The predicted molar refractivity (Wildman–Crippen MR) is 80.4 cm³/mol. The van der Waals surface area contributed by atoms with E-state index in [0.29, 0.717) is 12.1 Å². The monoisotopic (exact) mass is 281 g/mol. The van der Waals surface area contributed by atoms with E-state index in [4.69, 9.17) is 4.74 Å². The van der Waals surface area contributed by atoms with Crippen LogP contribution in [0.25, 0.3) is 16.4 Å². The van der Waals surface area contributed by atoms with Crippen molar-refractivity contribution >= 4 is 22.4 Å². The number of rotatable bonds is 4. The summed E-state index contributed by atoms with van der Waals surface area (Å²) in [5.41, 5.74) is 2.97. The highest BCUT2D eigenvalue weighted by molar-refractivity contribution is 5.97. The second-order valence-electron chi connectivity index (χ2n) is 4.63. The number of esters is 1. The third-order valence-electron chi connectivity index (χ3n) is 3.35. The first kappa shape index (κ1) is 13.3. The summed E-state index contributed by atoms with van der Waals surface area (Å²) in [6, 6.07) is 9.81. The molecule has 0 bridgehead atoms. The molecular weight excluding hydrogens is 266 g/mol.